The van der Waals surface area contributed by atoms with Gasteiger partial charge in [0.15, 0.2) is 5.82 Å². The summed E-state index contributed by atoms with van der Waals surface area (Å²) in [5.74, 6) is -0.772. The summed E-state index contributed by atoms with van der Waals surface area (Å²) in [6.07, 6.45) is 1.19. The maximum Gasteiger partial charge on any atom is 0.354 e. The van der Waals surface area contributed by atoms with Crippen LogP contribution < -0.4 is 5.32 Å². The van der Waals surface area contributed by atoms with Gasteiger partial charge < -0.3 is 14.9 Å². The van der Waals surface area contributed by atoms with Crippen molar-refractivity contribution >= 4 is 11.9 Å². The van der Waals surface area contributed by atoms with Crippen molar-refractivity contribution in [3.8, 4) is 0 Å². The van der Waals surface area contributed by atoms with Crippen LogP contribution in [0, 0.1) is 6.92 Å². The summed E-state index contributed by atoms with van der Waals surface area (Å²) >= 11 is 0. The summed E-state index contributed by atoms with van der Waals surface area (Å²) in [6, 6.07) is 2.64. The molecule has 98 valence electrons. The fourth-order valence-corrected chi connectivity index (χ4v) is 1.32. The lowest BCUT2D eigenvalue weighted by Crippen LogP contribution is -2.23. The van der Waals surface area contributed by atoms with E-state index in [4.69, 9.17) is 9.63 Å². The smallest absolute Gasteiger partial charge is 0.354 e. The molecule has 0 radical (unpaired) electrons. The number of carboxylic acid groups (broad SMARTS) is 1. The molecular weight excluding hydrogens is 252 g/mol. The van der Waals surface area contributed by atoms with Gasteiger partial charge in [0, 0.05) is 6.20 Å². The van der Waals surface area contributed by atoms with Crippen molar-refractivity contribution in [3.05, 3.63) is 41.3 Å². The second-order valence-corrected chi connectivity index (χ2v) is 3.66. The van der Waals surface area contributed by atoms with Crippen LogP contribution in [0.2, 0.25) is 0 Å². The van der Waals surface area contributed by atoms with Gasteiger partial charge in [0.2, 0.25) is 5.89 Å². The minimum atomic E-state index is -1.15. The Morgan fingerprint density at radius 3 is 2.74 bits per heavy atom. The Balaban J connectivity index is 1.98. The molecule has 0 atom stereocenters. The Labute approximate surface area is 107 Å². The third-order valence-corrected chi connectivity index (χ3v) is 2.21. The van der Waals surface area contributed by atoms with Crippen LogP contribution >= 0.6 is 0 Å². The van der Waals surface area contributed by atoms with Gasteiger partial charge in [-0.1, -0.05) is 5.16 Å². The van der Waals surface area contributed by atoms with E-state index in [-0.39, 0.29) is 17.8 Å². The van der Waals surface area contributed by atoms with Gasteiger partial charge in [0.25, 0.3) is 5.91 Å². The number of nitrogens with one attached hydrogen (secondary N) is 1. The molecule has 2 aromatic rings. The molecule has 2 N–H and O–H groups in total. The van der Waals surface area contributed by atoms with E-state index in [2.05, 4.69) is 20.4 Å². The van der Waals surface area contributed by atoms with E-state index in [0.717, 1.165) is 0 Å². The predicted molar refractivity (Wildman–Crippen MR) is 61.4 cm³/mol. The van der Waals surface area contributed by atoms with Gasteiger partial charge in [-0.2, -0.15) is 4.98 Å². The number of carbonyl (C=O) groups is 2. The first kappa shape index (κ1) is 12.7. The van der Waals surface area contributed by atoms with Gasteiger partial charge in [0.1, 0.15) is 5.69 Å². The molecule has 19 heavy (non-hydrogen) atoms. The molecule has 0 bridgehead atoms. The van der Waals surface area contributed by atoms with Crippen molar-refractivity contribution in [1.82, 2.24) is 20.4 Å². The number of hydrogen-bond donors (Lipinski definition) is 2. The number of rotatable bonds is 4. The molecular formula is C11H10N4O4. The Morgan fingerprint density at radius 1 is 1.42 bits per heavy atom. The summed E-state index contributed by atoms with van der Waals surface area (Å²) in [6.45, 7) is 1.77. The van der Waals surface area contributed by atoms with Crippen LogP contribution in [0.25, 0.3) is 0 Å². The fourth-order valence-electron chi connectivity index (χ4n) is 1.32. The van der Waals surface area contributed by atoms with E-state index in [0.29, 0.717) is 11.7 Å². The number of carboxylic acids is 1. The molecule has 2 aromatic heterocycles. The monoisotopic (exact) mass is 262 g/mol. The Morgan fingerprint density at radius 2 is 2.21 bits per heavy atom. The van der Waals surface area contributed by atoms with Crippen molar-refractivity contribution in [2.45, 2.75) is 13.5 Å². The first-order chi connectivity index (χ1) is 9.06. The largest absolute Gasteiger partial charge is 0.477 e. The molecule has 0 unspecified atom stereocenters. The molecule has 0 aliphatic carbocycles. The molecule has 8 nitrogen and oxygen atoms in total. The highest BCUT2D eigenvalue weighted by molar-refractivity contribution is 5.94. The zero-order valence-corrected chi connectivity index (χ0v) is 9.95. The van der Waals surface area contributed by atoms with Crippen LogP contribution in [0.1, 0.15) is 32.6 Å². The van der Waals surface area contributed by atoms with Crippen molar-refractivity contribution in [2.75, 3.05) is 0 Å². The zero-order chi connectivity index (χ0) is 13.8. The number of carbonyl (C=O) groups excluding carboxylic acids is 1. The van der Waals surface area contributed by atoms with Gasteiger partial charge in [-0.05, 0) is 19.1 Å². The number of nitrogens with zero attached hydrogens (tertiary/aromatic N) is 3. The highest BCUT2D eigenvalue weighted by Gasteiger charge is 2.10. The topological polar surface area (TPSA) is 118 Å². The molecule has 0 aromatic carbocycles. The summed E-state index contributed by atoms with van der Waals surface area (Å²) in [7, 11) is 0. The van der Waals surface area contributed by atoms with Gasteiger partial charge in [-0.25, -0.2) is 9.78 Å². The van der Waals surface area contributed by atoms with Gasteiger partial charge >= 0.3 is 5.97 Å². The summed E-state index contributed by atoms with van der Waals surface area (Å²) in [5, 5.41) is 14.8. The maximum atomic E-state index is 11.7. The second kappa shape index (κ2) is 5.25. The van der Waals surface area contributed by atoms with Crippen molar-refractivity contribution < 1.29 is 19.2 Å². The van der Waals surface area contributed by atoms with Crippen LogP contribution in [0.5, 0.6) is 0 Å². The number of amides is 1. The summed E-state index contributed by atoms with van der Waals surface area (Å²) in [5.41, 5.74) is 0.130. The third kappa shape index (κ3) is 3.12. The Hall–Kier alpha value is -2.77. The first-order valence-electron chi connectivity index (χ1n) is 5.33. The Bertz CT molecular complexity index is 605. The van der Waals surface area contributed by atoms with Gasteiger partial charge in [-0.3, -0.25) is 4.79 Å². The van der Waals surface area contributed by atoms with Crippen LogP contribution in [0.15, 0.2) is 22.9 Å². The second-order valence-electron chi connectivity index (χ2n) is 3.66. The average Bonchev–Trinajstić information content (AvgIpc) is 2.82. The molecule has 0 aliphatic rings. The molecule has 1 amide bonds. The quantitative estimate of drug-likeness (QED) is 0.818. The van der Waals surface area contributed by atoms with Crippen molar-refractivity contribution in [1.29, 1.82) is 0 Å². The van der Waals surface area contributed by atoms with Crippen LogP contribution in [-0.4, -0.2) is 32.1 Å². The normalized spacial score (nSPS) is 10.2. The van der Waals surface area contributed by atoms with Crippen molar-refractivity contribution in [2.24, 2.45) is 0 Å². The highest BCUT2D eigenvalue weighted by Crippen LogP contribution is 2.01. The Kier molecular flexibility index (Phi) is 3.51. The van der Waals surface area contributed by atoms with Gasteiger partial charge in [-0.15, -0.1) is 0 Å². The SMILES string of the molecule is Cc1noc(CNC(=O)c2ccc(C(=O)O)nc2)n1. The van der Waals surface area contributed by atoms with Crippen LogP contribution in [0.3, 0.4) is 0 Å². The molecule has 0 aliphatic heterocycles. The number of pyridine rings is 1. The standard InChI is InChI=1S/C11H10N4O4/c1-6-14-9(19-15-6)5-13-10(16)7-2-3-8(11(17)18)12-4-7/h2-4H,5H2,1H3,(H,13,16)(H,17,18). The predicted octanol–water partition coefficient (Wildman–Crippen LogP) is 0.401. The number of aromatic nitrogens is 3. The lowest BCUT2D eigenvalue weighted by Gasteiger charge is -2.02. The summed E-state index contributed by atoms with van der Waals surface area (Å²) < 4.78 is 4.83. The van der Waals surface area contributed by atoms with E-state index >= 15 is 0 Å². The third-order valence-electron chi connectivity index (χ3n) is 2.21. The molecule has 0 saturated heterocycles. The van der Waals surface area contributed by atoms with E-state index in [1.54, 1.807) is 6.92 Å². The summed E-state index contributed by atoms with van der Waals surface area (Å²) in [4.78, 5) is 29.9. The van der Waals surface area contributed by atoms with E-state index in [1.807, 2.05) is 0 Å². The minimum Gasteiger partial charge on any atom is -0.477 e. The average molecular weight is 262 g/mol. The molecule has 8 heteroatoms. The first-order valence-corrected chi connectivity index (χ1v) is 5.33. The highest BCUT2D eigenvalue weighted by atomic mass is 16.5. The van der Waals surface area contributed by atoms with Crippen LogP contribution in [0.4, 0.5) is 0 Å². The number of aromatic carboxylic acids is 1. The number of aryl methyl sites for hydroxylation is 1. The number of hydrogen-bond acceptors (Lipinski definition) is 6. The van der Waals surface area contributed by atoms with Gasteiger partial charge in [0.05, 0.1) is 12.1 Å². The molecule has 0 saturated carbocycles. The fraction of sp³-hybridized carbons (Fsp3) is 0.182. The van der Waals surface area contributed by atoms with Crippen molar-refractivity contribution in [3.63, 3.8) is 0 Å². The molecule has 2 heterocycles. The molecule has 0 fully saturated rings. The molecule has 0 spiro atoms. The van der Waals surface area contributed by atoms with Crippen LogP contribution in [-0.2, 0) is 6.54 Å². The zero-order valence-electron chi connectivity index (χ0n) is 9.95. The lowest BCUT2D eigenvalue weighted by atomic mass is 10.2. The minimum absolute atomic E-state index is 0.0976. The van der Waals surface area contributed by atoms with E-state index in [1.165, 1.54) is 18.3 Å². The lowest BCUT2D eigenvalue weighted by molar-refractivity contribution is 0.0689. The van der Waals surface area contributed by atoms with E-state index in [9.17, 15) is 9.59 Å². The maximum absolute atomic E-state index is 11.7. The molecule has 2 rings (SSSR count). The van der Waals surface area contributed by atoms with E-state index < -0.39 is 11.9 Å².